The number of nitrogens with one attached hydrogen (secondary N) is 2. The summed E-state index contributed by atoms with van der Waals surface area (Å²) >= 11 is 0. The number of hydrazine groups is 1. The highest BCUT2D eigenvalue weighted by atomic mass is 16.5. The summed E-state index contributed by atoms with van der Waals surface area (Å²) in [5, 5.41) is 0. The van der Waals surface area contributed by atoms with Crippen molar-refractivity contribution in [3.8, 4) is 5.75 Å². The van der Waals surface area contributed by atoms with Crippen molar-refractivity contribution in [2.45, 2.75) is 25.8 Å². The van der Waals surface area contributed by atoms with Crippen LogP contribution in [0.25, 0.3) is 0 Å². The summed E-state index contributed by atoms with van der Waals surface area (Å²) in [6.45, 7) is 4.92. The molecule has 1 aliphatic rings. The number of ether oxygens (including phenoxy) is 1. The van der Waals surface area contributed by atoms with Gasteiger partial charge in [0.05, 0.1) is 0 Å². The first kappa shape index (κ1) is 16.8. The first-order chi connectivity index (χ1) is 11.9. The Kier molecular flexibility index (Phi) is 6.51. The van der Waals surface area contributed by atoms with Gasteiger partial charge in [-0.1, -0.05) is 42.8 Å². The molecule has 0 bridgehead atoms. The molecule has 0 atom stereocenters. The number of piperidine rings is 1. The van der Waals surface area contributed by atoms with Gasteiger partial charge >= 0.3 is 0 Å². The first-order valence-corrected chi connectivity index (χ1v) is 8.89. The van der Waals surface area contributed by atoms with Crippen molar-refractivity contribution in [3.05, 3.63) is 60.2 Å². The second-order valence-electron chi connectivity index (χ2n) is 6.20. The SMILES string of the molecule is c1ccc(NNCc2ccccc2OCCN2CCCCC2)cc1. The van der Waals surface area contributed by atoms with E-state index in [-0.39, 0.29) is 0 Å². The fourth-order valence-electron chi connectivity index (χ4n) is 3.02. The van der Waals surface area contributed by atoms with Crippen molar-refractivity contribution in [1.29, 1.82) is 0 Å². The van der Waals surface area contributed by atoms with Crippen LogP contribution in [0.4, 0.5) is 5.69 Å². The largest absolute Gasteiger partial charge is 0.492 e. The second-order valence-corrected chi connectivity index (χ2v) is 6.20. The average Bonchev–Trinajstić information content (AvgIpc) is 2.65. The van der Waals surface area contributed by atoms with Crippen molar-refractivity contribution in [1.82, 2.24) is 10.3 Å². The van der Waals surface area contributed by atoms with Gasteiger partial charge in [0.15, 0.2) is 0 Å². The standard InChI is InChI=1S/C20H27N3O/c1-3-10-19(11-4-1)22-21-17-18-9-5-6-12-20(18)24-16-15-23-13-7-2-8-14-23/h1,3-6,9-12,21-22H,2,7-8,13-17H2. The minimum atomic E-state index is 0.717. The van der Waals surface area contributed by atoms with E-state index in [2.05, 4.69) is 34.0 Å². The number of benzene rings is 2. The maximum absolute atomic E-state index is 6.03. The lowest BCUT2D eigenvalue weighted by Crippen LogP contribution is -2.33. The molecule has 24 heavy (non-hydrogen) atoms. The second kappa shape index (κ2) is 9.30. The van der Waals surface area contributed by atoms with Gasteiger partial charge in [-0.05, 0) is 44.1 Å². The summed E-state index contributed by atoms with van der Waals surface area (Å²) in [5.41, 5.74) is 8.69. The van der Waals surface area contributed by atoms with Gasteiger partial charge in [-0.15, -0.1) is 0 Å². The van der Waals surface area contributed by atoms with Crippen LogP contribution in [0, 0.1) is 0 Å². The molecule has 0 aromatic heterocycles. The van der Waals surface area contributed by atoms with E-state index in [9.17, 15) is 0 Å². The minimum absolute atomic E-state index is 0.717. The van der Waals surface area contributed by atoms with Crippen LogP contribution in [0.2, 0.25) is 0 Å². The molecule has 4 nitrogen and oxygen atoms in total. The van der Waals surface area contributed by atoms with Gasteiger partial charge in [-0.2, -0.15) is 0 Å². The van der Waals surface area contributed by atoms with E-state index >= 15 is 0 Å². The Balaban J connectivity index is 1.45. The smallest absolute Gasteiger partial charge is 0.123 e. The lowest BCUT2D eigenvalue weighted by Gasteiger charge is -2.26. The molecule has 4 heteroatoms. The summed E-state index contributed by atoms with van der Waals surface area (Å²) in [4.78, 5) is 2.50. The number of nitrogens with zero attached hydrogens (tertiary/aromatic N) is 1. The summed E-state index contributed by atoms with van der Waals surface area (Å²) in [6.07, 6.45) is 4.03. The molecule has 128 valence electrons. The number of hydrogen-bond acceptors (Lipinski definition) is 4. The summed E-state index contributed by atoms with van der Waals surface area (Å²) in [7, 11) is 0. The molecule has 0 aliphatic carbocycles. The van der Waals surface area contributed by atoms with Crippen molar-refractivity contribution in [2.24, 2.45) is 0 Å². The number of anilines is 1. The molecular weight excluding hydrogens is 298 g/mol. The molecule has 0 amide bonds. The van der Waals surface area contributed by atoms with Crippen LogP contribution < -0.4 is 15.6 Å². The van der Waals surface area contributed by atoms with E-state index in [1.54, 1.807) is 0 Å². The normalized spacial score (nSPS) is 15.2. The minimum Gasteiger partial charge on any atom is -0.492 e. The highest BCUT2D eigenvalue weighted by Crippen LogP contribution is 2.18. The number of hydrogen-bond donors (Lipinski definition) is 2. The molecule has 1 heterocycles. The molecule has 1 aliphatic heterocycles. The molecule has 2 aromatic rings. The van der Waals surface area contributed by atoms with Gasteiger partial charge < -0.3 is 10.2 Å². The van der Waals surface area contributed by atoms with Crippen molar-refractivity contribution in [2.75, 3.05) is 31.7 Å². The molecule has 3 rings (SSSR count). The molecule has 2 N–H and O–H groups in total. The summed E-state index contributed by atoms with van der Waals surface area (Å²) in [5.74, 6) is 0.969. The van der Waals surface area contributed by atoms with Crippen LogP contribution in [0.15, 0.2) is 54.6 Å². The van der Waals surface area contributed by atoms with Gasteiger partial charge in [0.2, 0.25) is 0 Å². The predicted octanol–water partition coefficient (Wildman–Crippen LogP) is 3.67. The van der Waals surface area contributed by atoms with Gasteiger partial charge in [0, 0.05) is 24.3 Å². The van der Waals surface area contributed by atoms with E-state index in [4.69, 9.17) is 4.74 Å². The maximum atomic E-state index is 6.03. The van der Waals surface area contributed by atoms with Crippen LogP contribution in [0.1, 0.15) is 24.8 Å². The monoisotopic (exact) mass is 325 g/mol. The van der Waals surface area contributed by atoms with Gasteiger partial charge in [0.1, 0.15) is 12.4 Å². The van der Waals surface area contributed by atoms with Crippen LogP contribution in [0.3, 0.4) is 0 Å². The van der Waals surface area contributed by atoms with Crippen molar-refractivity contribution < 1.29 is 4.74 Å². The third-order valence-electron chi connectivity index (χ3n) is 4.37. The Hall–Kier alpha value is -2.04. The van der Waals surface area contributed by atoms with E-state index in [0.717, 1.165) is 31.1 Å². The Morgan fingerprint density at radius 3 is 2.46 bits per heavy atom. The maximum Gasteiger partial charge on any atom is 0.123 e. The Morgan fingerprint density at radius 2 is 1.62 bits per heavy atom. The number of rotatable bonds is 8. The third kappa shape index (κ3) is 5.25. The fraction of sp³-hybridized carbons (Fsp3) is 0.400. The van der Waals surface area contributed by atoms with E-state index < -0.39 is 0 Å². The topological polar surface area (TPSA) is 36.5 Å². The van der Waals surface area contributed by atoms with Gasteiger partial charge in [-0.3, -0.25) is 4.90 Å². The highest BCUT2D eigenvalue weighted by Gasteiger charge is 2.10. The molecule has 1 saturated heterocycles. The molecule has 1 fully saturated rings. The first-order valence-electron chi connectivity index (χ1n) is 8.89. The Bertz CT molecular complexity index is 597. The summed E-state index contributed by atoms with van der Waals surface area (Å²) < 4.78 is 6.03. The molecule has 0 unspecified atom stereocenters. The number of para-hydroxylation sites is 2. The third-order valence-corrected chi connectivity index (χ3v) is 4.37. The lowest BCUT2D eigenvalue weighted by molar-refractivity contribution is 0.182. The van der Waals surface area contributed by atoms with Crippen LogP contribution in [0.5, 0.6) is 5.75 Å². The van der Waals surface area contributed by atoms with Crippen LogP contribution >= 0.6 is 0 Å². The van der Waals surface area contributed by atoms with Crippen molar-refractivity contribution in [3.63, 3.8) is 0 Å². The zero-order valence-corrected chi connectivity index (χ0v) is 14.2. The van der Waals surface area contributed by atoms with Crippen molar-refractivity contribution >= 4 is 5.69 Å². The Morgan fingerprint density at radius 1 is 0.875 bits per heavy atom. The van der Waals surface area contributed by atoms with E-state index in [1.165, 1.54) is 37.9 Å². The molecule has 0 saturated carbocycles. The van der Waals surface area contributed by atoms with Crippen LogP contribution in [-0.4, -0.2) is 31.1 Å². The average molecular weight is 325 g/mol. The van der Waals surface area contributed by atoms with Gasteiger partial charge in [0.25, 0.3) is 0 Å². The predicted molar refractivity (Wildman–Crippen MR) is 99.1 cm³/mol. The summed E-state index contributed by atoms with van der Waals surface area (Å²) in [6, 6.07) is 18.4. The molecule has 0 radical (unpaired) electrons. The van der Waals surface area contributed by atoms with Gasteiger partial charge in [-0.25, -0.2) is 5.43 Å². The Labute approximate surface area is 144 Å². The fourth-order valence-corrected chi connectivity index (χ4v) is 3.02. The number of likely N-dealkylation sites (tertiary alicyclic amines) is 1. The molecule has 2 aromatic carbocycles. The lowest BCUT2D eigenvalue weighted by atomic mass is 10.1. The van der Waals surface area contributed by atoms with Crippen LogP contribution in [-0.2, 0) is 6.54 Å². The zero-order chi connectivity index (χ0) is 16.5. The van der Waals surface area contributed by atoms with E-state index in [1.807, 2.05) is 36.4 Å². The molecular formula is C20H27N3O. The highest BCUT2D eigenvalue weighted by molar-refractivity contribution is 5.41. The quantitative estimate of drug-likeness (QED) is 0.726. The van der Waals surface area contributed by atoms with E-state index in [0.29, 0.717) is 0 Å². The zero-order valence-electron chi connectivity index (χ0n) is 14.2. The molecule has 0 spiro atoms.